The number of carbonyl (C=O) groups is 2. The van der Waals surface area contributed by atoms with Crippen molar-refractivity contribution in [3.8, 4) is 0 Å². The standard InChI is InChI=1S/C14H25N3O3/c1-3-17-8-4-11(5-9-17)16(2)13(20)15-10-14(6-7-14)12(18)19/h11H,3-10H2,1-2H3,(H,15,20)(H,18,19). The van der Waals surface area contributed by atoms with Crippen LogP contribution in [0.1, 0.15) is 32.6 Å². The van der Waals surface area contributed by atoms with Crippen LogP contribution in [0.5, 0.6) is 0 Å². The highest BCUT2D eigenvalue weighted by Crippen LogP contribution is 2.45. The number of carbonyl (C=O) groups excluding carboxylic acids is 1. The van der Waals surface area contributed by atoms with Gasteiger partial charge < -0.3 is 20.2 Å². The van der Waals surface area contributed by atoms with E-state index in [4.69, 9.17) is 5.11 Å². The highest BCUT2D eigenvalue weighted by atomic mass is 16.4. The minimum atomic E-state index is -0.795. The Bertz CT molecular complexity index is 374. The summed E-state index contributed by atoms with van der Waals surface area (Å²) in [6, 6.07) is 0.116. The Labute approximate surface area is 120 Å². The van der Waals surface area contributed by atoms with Crippen LogP contribution in [0.3, 0.4) is 0 Å². The molecule has 0 bridgehead atoms. The van der Waals surface area contributed by atoms with E-state index in [1.165, 1.54) is 0 Å². The summed E-state index contributed by atoms with van der Waals surface area (Å²) in [5.41, 5.74) is -0.692. The molecule has 0 aromatic heterocycles. The molecule has 0 aromatic carbocycles. The predicted octanol–water partition coefficient (Wildman–Crippen LogP) is 0.977. The average Bonchev–Trinajstić information content (AvgIpc) is 3.25. The van der Waals surface area contributed by atoms with Gasteiger partial charge in [0.2, 0.25) is 0 Å². The maximum absolute atomic E-state index is 12.1. The molecule has 0 spiro atoms. The Morgan fingerprint density at radius 2 is 1.95 bits per heavy atom. The Balaban J connectivity index is 1.76. The quantitative estimate of drug-likeness (QED) is 0.789. The summed E-state index contributed by atoms with van der Waals surface area (Å²) in [5.74, 6) is -0.795. The lowest BCUT2D eigenvalue weighted by Gasteiger charge is -2.36. The zero-order valence-corrected chi connectivity index (χ0v) is 12.4. The lowest BCUT2D eigenvalue weighted by molar-refractivity contribution is -0.143. The number of piperidine rings is 1. The topological polar surface area (TPSA) is 72.9 Å². The van der Waals surface area contributed by atoms with E-state index in [-0.39, 0.29) is 18.6 Å². The van der Waals surface area contributed by atoms with Crippen LogP contribution in [0.15, 0.2) is 0 Å². The number of nitrogens with zero attached hydrogens (tertiary/aromatic N) is 2. The molecule has 2 N–H and O–H groups in total. The van der Waals surface area contributed by atoms with E-state index in [1.807, 2.05) is 7.05 Å². The second-order valence-electron chi connectivity index (χ2n) is 6.02. The molecule has 6 heteroatoms. The number of carboxylic acids is 1. The molecule has 2 aliphatic rings. The largest absolute Gasteiger partial charge is 0.481 e. The van der Waals surface area contributed by atoms with Gasteiger partial charge in [-0.2, -0.15) is 0 Å². The van der Waals surface area contributed by atoms with E-state index in [0.717, 1.165) is 32.5 Å². The lowest BCUT2D eigenvalue weighted by Crippen LogP contribution is -2.50. The number of hydrogen-bond donors (Lipinski definition) is 2. The molecule has 2 fully saturated rings. The lowest BCUT2D eigenvalue weighted by atomic mass is 10.0. The molecule has 0 aromatic rings. The highest BCUT2D eigenvalue weighted by Gasteiger charge is 2.50. The van der Waals surface area contributed by atoms with Gasteiger partial charge in [-0.1, -0.05) is 6.92 Å². The van der Waals surface area contributed by atoms with E-state index in [0.29, 0.717) is 12.8 Å². The van der Waals surface area contributed by atoms with Crippen molar-refractivity contribution in [2.45, 2.75) is 38.6 Å². The number of carboxylic acid groups (broad SMARTS) is 1. The van der Waals surface area contributed by atoms with Crippen molar-refractivity contribution in [2.24, 2.45) is 5.41 Å². The average molecular weight is 283 g/mol. The second-order valence-corrected chi connectivity index (χ2v) is 6.02. The van der Waals surface area contributed by atoms with E-state index in [9.17, 15) is 9.59 Å². The van der Waals surface area contributed by atoms with Gasteiger partial charge in [-0.15, -0.1) is 0 Å². The molecule has 20 heavy (non-hydrogen) atoms. The molecule has 0 unspecified atom stereocenters. The molecule has 1 aliphatic carbocycles. The summed E-state index contributed by atoms with van der Waals surface area (Å²) in [4.78, 5) is 27.3. The van der Waals surface area contributed by atoms with Crippen LogP contribution in [0.2, 0.25) is 0 Å². The maximum atomic E-state index is 12.1. The van der Waals surface area contributed by atoms with Gasteiger partial charge in [0.1, 0.15) is 0 Å². The number of amides is 2. The van der Waals surface area contributed by atoms with Crippen molar-refractivity contribution in [1.29, 1.82) is 0 Å². The molecule has 1 aliphatic heterocycles. The molecule has 2 amide bonds. The first-order valence-electron chi connectivity index (χ1n) is 7.45. The smallest absolute Gasteiger partial charge is 0.317 e. The first-order chi connectivity index (χ1) is 9.48. The summed E-state index contributed by atoms with van der Waals surface area (Å²) < 4.78 is 0. The molecule has 1 saturated carbocycles. The van der Waals surface area contributed by atoms with Crippen LogP contribution in [-0.4, -0.2) is 66.2 Å². The van der Waals surface area contributed by atoms with Crippen molar-refractivity contribution in [3.05, 3.63) is 0 Å². The molecule has 1 heterocycles. The number of nitrogens with one attached hydrogen (secondary N) is 1. The minimum Gasteiger partial charge on any atom is -0.481 e. The first kappa shape index (κ1) is 15.1. The molecule has 0 radical (unpaired) electrons. The zero-order chi connectivity index (χ0) is 14.8. The van der Waals surface area contributed by atoms with Gasteiger partial charge in [-0.25, -0.2) is 4.79 Å². The summed E-state index contributed by atoms with van der Waals surface area (Å²) in [6.45, 7) is 5.51. The molecule has 0 atom stereocenters. The van der Waals surface area contributed by atoms with E-state index >= 15 is 0 Å². The summed E-state index contributed by atoms with van der Waals surface area (Å²) in [7, 11) is 1.81. The fraction of sp³-hybridized carbons (Fsp3) is 0.857. The van der Waals surface area contributed by atoms with Crippen molar-refractivity contribution < 1.29 is 14.7 Å². The van der Waals surface area contributed by atoms with Crippen molar-refractivity contribution in [2.75, 3.05) is 33.2 Å². The van der Waals surface area contributed by atoms with Crippen LogP contribution in [0.25, 0.3) is 0 Å². The third kappa shape index (κ3) is 3.23. The number of rotatable bonds is 5. The molecular weight excluding hydrogens is 258 g/mol. The molecule has 1 saturated heterocycles. The van der Waals surface area contributed by atoms with Crippen LogP contribution >= 0.6 is 0 Å². The molecule has 2 rings (SSSR count). The van der Waals surface area contributed by atoms with Crippen LogP contribution in [0.4, 0.5) is 4.79 Å². The summed E-state index contributed by atoms with van der Waals surface area (Å²) in [6.07, 6.45) is 3.31. The normalized spacial score (nSPS) is 22.3. The van der Waals surface area contributed by atoms with Crippen LogP contribution in [0, 0.1) is 5.41 Å². The molecule has 114 valence electrons. The number of likely N-dealkylation sites (tertiary alicyclic amines) is 1. The zero-order valence-electron chi connectivity index (χ0n) is 12.4. The maximum Gasteiger partial charge on any atom is 0.317 e. The number of aliphatic carboxylic acids is 1. The minimum absolute atomic E-state index is 0.146. The first-order valence-corrected chi connectivity index (χ1v) is 7.45. The second kappa shape index (κ2) is 5.99. The highest BCUT2D eigenvalue weighted by molar-refractivity contribution is 5.80. The van der Waals surface area contributed by atoms with Gasteiger partial charge in [-0.05, 0) is 32.2 Å². The SMILES string of the molecule is CCN1CCC(N(C)C(=O)NCC2(C(=O)O)CC2)CC1. The third-order valence-corrected chi connectivity index (χ3v) is 4.76. The summed E-state index contributed by atoms with van der Waals surface area (Å²) >= 11 is 0. The van der Waals surface area contributed by atoms with Crippen molar-refractivity contribution in [1.82, 2.24) is 15.1 Å². The van der Waals surface area contributed by atoms with E-state index in [1.54, 1.807) is 4.90 Å². The van der Waals surface area contributed by atoms with Gasteiger partial charge in [0.15, 0.2) is 0 Å². The van der Waals surface area contributed by atoms with Crippen molar-refractivity contribution >= 4 is 12.0 Å². The van der Waals surface area contributed by atoms with Gasteiger partial charge in [0.25, 0.3) is 0 Å². The van der Waals surface area contributed by atoms with E-state index < -0.39 is 11.4 Å². The Hall–Kier alpha value is -1.30. The van der Waals surface area contributed by atoms with Crippen LogP contribution in [-0.2, 0) is 4.79 Å². The third-order valence-electron chi connectivity index (χ3n) is 4.76. The molecule has 6 nitrogen and oxygen atoms in total. The predicted molar refractivity (Wildman–Crippen MR) is 75.6 cm³/mol. The Kier molecular flexibility index (Phi) is 4.52. The van der Waals surface area contributed by atoms with Crippen LogP contribution < -0.4 is 5.32 Å². The van der Waals surface area contributed by atoms with Gasteiger partial charge in [-0.3, -0.25) is 4.79 Å². The van der Waals surface area contributed by atoms with Gasteiger partial charge in [0, 0.05) is 32.7 Å². The Morgan fingerprint density at radius 3 is 2.40 bits per heavy atom. The monoisotopic (exact) mass is 283 g/mol. The fourth-order valence-corrected chi connectivity index (χ4v) is 2.78. The fourth-order valence-electron chi connectivity index (χ4n) is 2.78. The van der Waals surface area contributed by atoms with Gasteiger partial charge >= 0.3 is 12.0 Å². The Morgan fingerprint density at radius 1 is 1.35 bits per heavy atom. The molecular formula is C14H25N3O3. The van der Waals surface area contributed by atoms with Crippen molar-refractivity contribution in [3.63, 3.8) is 0 Å². The number of urea groups is 1. The summed E-state index contributed by atoms with van der Waals surface area (Å²) in [5, 5.41) is 11.9. The van der Waals surface area contributed by atoms with E-state index in [2.05, 4.69) is 17.1 Å². The van der Waals surface area contributed by atoms with Gasteiger partial charge in [0.05, 0.1) is 5.41 Å². The number of hydrogen-bond acceptors (Lipinski definition) is 3.